The van der Waals surface area contributed by atoms with Gasteiger partial charge in [0.05, 0.1) is 7.11 Å². The summed E-state index contributed by atoms with van der Waals surface area (Å²) < 4.78 is 5.50. The van der Waals surface area contributed by atoms with Crippen molar-refractivity contribution in [2.45, 2.75) is 13.0 Å². The van der Waals surface area contributed by atoms with E-state index < -0.39 is 0 Å². The van der Waals surface area contributed by atoms with E-state index >= 15 is 0 Å². The van der Waals surface area contributed by atoms with Gasteiger partial charge in [0.2, 0.25) is 0 Å². The number of rotatable bonds is 8. The second-order valence-corrected chi connectivity index (χ2v) is 5.65. The Kier molecular flexibility index (Phi) is 6.99. The number of likely N-dealkylation sites (N-methyl/N-ethyl adjacent to an activating group) is 3. The molecule has 20 heavy (non-hydrogen) atoms. The largest absolute Gasteiger partial charge is 0.496 e. The van der Waals surface area contributed by atoms with Crippen LogP contribution < -0.4 is 10.1 Å². The van der Waals surface area contributed by atoms with Crippen molar-refractivity contribution in [3.8, 4) is 5.75 Å². The molecular formula is C16H29N3O. The predicted molar refractivity (Wildman–Crippen MR) is 85.6 cm³/mol. The fourth-order valence-corrected chi connectivity index (χ4v) is 2.24. The summed E-state index contributed by atoms with van der Waals surface area (Å²) in [7, 11) is 10.1. The Morgan fingerprint density at radius 1 is 1.20 bits per heavy atom. The number of ether oxygens (including phenoxy) is 1. The molecule has 4 heteroatoms. The zero-order valence-corrected chi connectivity index (χ0v) is 13.7. The van der Waals surface area contributed by atoms with Gasteiger partial charge in [-0.15, -0.1) is 0 Å². The van der Waals surface area contributed by atoms with Crippen molar-refractivity contribution in [1.29, 1.82) is 0 Å². The first-order valence-corrected chi connectivity index (χ1v) is 7.13. The monoisotopic (exact) mass is 279 g/mol. The fraction of sp³-hybridized carbons (Fsp3) is 0.625. The summed E-state index contributed by atoms with van der Waals surface area (Å²) in [6, 6.07) is 6.62. The molecule has 0 spiro atoms. The first kappa shape index (κ1) is 17.0. The maximum atomic E-state index is 5.50. The third kappa shape index (κ3) is 5.12. The topological polar surface area (TPSA) is 27.7 Å². The van der Waals surface area contributed by atoms with Crippen molar-refractivity contribution in [3.05, 3.63) is 29.3 Å². The first-order chi connectivity index (χ1) is 9.47. The van der Waals surface area contributed by atoms with Gasteiger partial charge in [0.1, 0.15) is 5.75 Å². The van der Waals surface area contributed by atoms with Crippen LogP contribution in [0.25, 0.3) is 0 Å². The van der Waals surface area contributed by atoms with Crippen LogP contribution in [0.2, 0.25) is 0 Å². The van der Waals surface area contributed by atoms with Crippen LogP contribution >= 0.6 is 0 Å². The Balaban J connectivity index is 2.77. The van der Waals surface area contributed by atoms with Crippen LogP contribution in [0.4, 0.5) is 0 Å². The Bertz CT molecular complexity index is 407. The lowest BCUT2D eigenvalue weighted by Gasteiger charge is -2.26. The van der Waals surface area contributed by atoms with Crippen LogP contribution in [0.15, 0.2) is 18.2 Å². The molecule has 114 valence electrons. The SMILES string of the molecule is CNC(CN(C)CCN(C)C)c1cc(C)ccc1OC. The van der Waals surface area contributed by atoms with E-state index in [-0.39, 0.29) is 6.04 Å². The van der Waals surface area contributed by atoms with E-state index in [1.165, 1.54) is 11.1 Å². The molecule has 1 aromatic rings. The molecule has 1 unspecified atom stereocenters. The molecule has 0 saturated carbocycles. The van der Waals surface area contributed by atoms with Crippen molar-refractivity contribution in [2.75, 3.05) is 54.9 Å². The molecule has 0 aliphatic rings. The molecule has 1 N–H and O–H groups in total. The Morgan fingerprint density at radius 3 is 2.45 bits per heavy atom. The van der Waals surface area contributed by atoms with Gasteiger partial charge < -0.3 is 19.9 Å². The summed E-state index contributed by atoms with van der Waals surface area (Å²) >= 11 is 0. The van der Waals surface area contributed by atoms with Crippen LogP contribution in [-0.4, -0.2) is 64.7 Å². The maximum absolute atomic E-state index is 5.50. The van der Waals surface area contributed by atoms with E-state index in [9.17, 15) is 0 Å². The summed E-state index contributed by atoms with van der Waals surface area (Å²) in [6.45, 7) is 5.20. The molecule has 0 heterocycles. The normalized spacial score (nSPS) is 13.0. The highest BCUT2D eigenvalue weighted by Crippen LogP contribution is 2.26. The zero-order valence-electron chi connectivity index (χ0n) is 13.7. The Labute approximate surface area is 123 Å². The number of hydrogen-bond donors (Lipinski definition) is 1. The second-order valence-electron chi connectivity index (χ2n) is 5.65. The standard InChI is InChI=1S/C16H29N3O/c1-13-7-8-16(20-6)14(11-13)15(17-2)12-19(5)10-9-18(3)4/h7-8,11,15,17H,9-10,12H2,1-6H3. The number of nitrogens with one attached hydrogen (secondary N) is 1. The van der Waals surface area contributed by atoms with Crippen LogP contribution in [-0.2, 0) is 0 Å². The lowest BCUT2D eigenvalue weighted by molar-refractivity contribution is 0.258. The van der Waals surface area contributed by atoms with Crippen molar-refractivity contribution >= 4 is 0 Å². The summed E-state index contributed by atoms with van der Waals surface area (Å²) in [4.78, 5) is 4.56. The molecule has 0 fully saturated rings. The van der Waals surface area contributed by atoms with E-state index in [1.807, 2.05) is 7.05 Å². The quantitative estimate of drug-likeness (QED) is 0.785. The number of hydrogen-bond acceptors (Lipinski definition) is 4. The maximum Gasteiger partial charge on any atom is 0.123 e. The van der Waals surface area contributed by atoms with Crippen molar-refractivity contribution in [2.24, 2.45) is 0 Å². The number of methoxy groups -OCH3 is 1. The molecular weight excluding hydrogens is 250 g/mol. The summed E-state index contributed by atoms with van der Waals surface area (Å²) in [5.41, 5.74) is 2.49. The van der Waals surface area contributed by atoms with E-state index in [4.69, 9.17) is 4.74 Å². The summed E-state index contributed by atoms with van der Waals surface area (Å²) in [6.07, 6.45) is 0. The van der Waals surface area contributed by atoms with Gasteiger partial charge in [0.15, 0.2) is 0 Å². The second kappa shape index (κ2) is 8.25. The van der Waals surface area contributed by atoms with Gasteiger partial charge in [-0.2, -0.15) is 0 Å². The van der Waals surface area contributed by atoms with Gasteiger partial charge in [-0.05, 0) is 41.2 Å². The lowest BCUT2D eigenvalue weighted by atomic mass is 10.0. The van der Waals surface area contributed by atoms with E-state index in [2.05, 4.69) is 61.4 Å². The van der Waals surface area contributed by atoms with Crippen LogP contribution in [0.3, 0.4) is 0 Å². The third-order valence-corrected chi connectivity index (χ3v) is 3.53. The van der Waals surface area contributed by atoms with E-state index in [1.54, 1.807) is 7.11 Å². The minimum atomic E-state index is 0.275. The van der Waals surface area contributed by atoms with Crippen LogP contribution in [0, 0.1) is 6.92 Å². The molecule has 0 aromatic heterocycles. The van der Waals surface area contributed by atoms with Crippen LogP contribution in [0.1, 0.15) is 17.2 Å². The summed E-state index contributed by atoms with van der Waals surface area (Å²) in [5.74, 6) is 0.955. The molecule has 1 atom stereocenters. The average Bonchev–Trinajstić information content (AvgIpc) is 2.42. The minimum Gasteiger partial charge on any atom is -0.496 e. The predicted octanol–water partition coefficient (Wildman–Crippen LogP) is 1.76. The highest BCUT2D eigenvalue weighted by molar-refractivity contribution is 5.39. The highest BCUT2D eigenvalue weighted by atomic mass is 16.5. The van der Waals surface area contributed by atoms with Gasteiger partial charge in [-0.1, -0.05) is 17.7 Å². The van der Waals surface area contributed by atoms with Crippen molar-refractivity contribution in [1.82, 2.24) is 15.1 Å². The van der Waals surface area contributed by atoms with Gasteiger partial charge >= 0.3 is 0 Å². The molecule has 1 rings (SSSR count). The number of nitrogens with zero attached hydrogens (tertiary/aromatic N) is 2. The number of benzene rings is 1. The van der Waals surface area contributed by atoms with Gasteiger partial charge in [0, 0.05) is 31.2 Å². The van der Waals surface area contributed by atoms with Crippen molar-refractivity contribution in [3.63, 3.8) is 0 Å². The smallest absolute Gasteiger partial charge is 0.123 e. The zero-order chi connectivity index (χ0) is 15.1. The fourth-order valence-electron chi connectivity index (χ4n) is 2.24. The van der Waals surface area contributed by atoms with Gasteiger partial charge in [0.25, 0.3) is 0 Å². The molecule has 0 saturated heterocycles. The Morgan fingerprint density at radius 2 is 1.90 bits per heavy atom. The summed E-state index contributed by atoms with van der Waals surface area (Å²) in [5, 5.41) is 3.40. The molecule has 0 aliphatic carbocycles. The average molecular weight is 279 g/mol. The molecule has 0 radical (unpaired) electrons. The number of aryl methyl sites for hydroxylation is 1. The lowest BCUT2D eigenvalue weighted by Crippen LogP contribution is -2.35. The van der Waals surface area contributed by atoms with E-state index in [0.717, 1.165) is 25.4 Å². The molecule has 0 amide bonds. The van der Waals surface area contributed by atoms with Gasteiger partial charge in [-0.3, -0.25) is 0 Å². The molecule has 0 bridgehead atoms. The highest BCUT2D eigenvalue weighted by Gasteiger charge is 2.16. The van der Waals surface area contributed by atoms with Crippen LogP contribution in [0.5, 0.6) is 5.75 Å². The molecule has 4 nitrogen and oxygen atoms in total. The molecule has 1 aromatic carbocycles. The van der Waals surface area contributed by atoms with Gasteiger partial charge in [-0.25, -0.2) is 0 Å². The van der Waals surface area contributed by atoms with E-state index in [0.29, 0.717) is 0 Å². The molecule has 0 aliphatic heterocycles. The minimum absolute atomic E-state index is 0.275. The first-order valence-electron chi connectivity index (χ1n) is 7.13. The Hall–Kier alpha value is -1.10. The third-order valence-electron chi connectivity index (χ3n) is 3.53. The van der Waals surface area contributed by atoms with Crippen molar-refractivity contribution < 1.29 is 4.74 Å².